The van der Waals surface area contributed by atoms with Crippen LogP contribution < -0.4 is 10.1 Å². The highest BCUT2D eigenvalue weighted by molar-refractivity contribution is 7.10. The maximum atomic E-state index is 12.2. The smallest absolute Gasteiger partial charge is 0.307 e. The Kier molecular flexibility index (Phi) is 6.37. The molecule has 1 N–H and O–H groups in total. The number of amides is 1. The largest absolute Gasteiger partial charge is 0.483 e. The van der Waals surface area contributed by atoms with Crippen molar-refractivity contribution in [3.8, 4) is 5.75 Å². The van der Waals surface area contributed by atoms with Crippen LogP contribution in [-0.2, 0) is 14.3 Å². The van der Waals surface area contributed by atoms with E-state index in [4.69, 9.17) is 9.47 Å². The minimum Gasteiger partial charge on any atom is -0.483 e. The third-order valence-electron chi connectivity index (χ3n) is 3.58. The summed E-state index contributed by atoms with van der Waals surface area (Å²) in [5.74, 6) is 0.0672. The fraction of sp³-hybridized carbons (Fsp3) is 0.333. The van der Waals surface area contributed by atoms with Crippen molar-refractivity contribution in [3.05, 3.63) is 51.7 Å². The first-order chi connectivity index (χ1) is 11.5. The van der Waals surface area contributed by atoms with Crippen molar-refractivity contribution in [1.82, 2.24) is 5.32 Å². The van der Waals surface area contributed by atoms with E-state index in [9.17, 15) is 9.59 Å². The lowest BCUT2D eigenvalue weighted by atomic mass is 10.1. The van der Waals surface area contributed by atoms with E-state index < -0.39 is 6.04 Å². The molecule has 128 valence electrons. The molecule has 0 aliphatic carbocycles. The summed E-state index contributed by atoms with van der Waals surface area (Å²) in [4.78, 5) is 24.7. The second-order valence-corrected chi connectivity index (χ2v) is 6.40. The predicted molar refractivity (Wildman–Crippen MR) is 93.2 cm³/mol. The number of nitrogens with one attached hydrogen (secondary N) is 1. The van der Waals surface area contributed by atoms with Gasteiger partial charge in [-0.2, -0.15) is 0 Å². The van der Waals surface area contributed by atoms with E-state index in [1.165, 1.54) is 18.4 Å². The van der Waals surface area contributed by atoms with Gasteiger partial charge in [-0.1, -0.05) is 24.3 Å². The Morgan fingerprint density at radius 1 is 1.17 bits per heavy atom. The lowest BCUT2D eigenvalue weighted by molar-refractivity contribution is -0.141. The Morgan fingerprint density at radius 3 is 2.46 bits per heavy atom. The number of thiophene rings is 1. The van der Waals surface area contributed by atoms with Gasteiger partial charge in [0.15, 0.2) is 6.61 Å². The molecule has 24 heavy (non-hydrogen) atoms. The Balaban J connectivity index is 1.99. The first-order valence-corrected chi connectivity index (χ1v) is 8.47. The van der Waals surface area contributed by atoms with E-state index in [0.29, 0.717) is 5.75 Å². The Labute approximate surface area is 145 Å². The monoisotopic (exact) mass is 347 g/mol. The van der Waals surface area contributed by atoms with Crippen molar-refractivity contribution >= 4 is 23.2 Å². The highest BCUT2D eigenvalue weighted by Crippen LogP contribution is 2.24. The van der Waals surface area contributed by atoms with Crippen LogP contribution in [0.1, 0.15) is 28.5 Å². The third kappa shape index (κ3) is 4.83. The second-order valence-electron chi connectivity index (χ2n) is 5.43. The topological polar surface area (TPSA) is 64.6 Å². The van der Waals surface area contributed by atoms with Crippen LogP contribution in [0.3, 0.4) is 0 Å². The number of ether oxygens (including phenoxy) is 2. The van der Waals surface area contributed by atoms with Crippen LogP contribution in [0.2, 0.25) is 0 Å². The fourth-order valence-electron chi connectivity index (χ4n) is 2.36. The second kappa shape index (κ2) is 8.49. The van der Waals surface area contributed by atoms with E-state index in [1.54, 1.807) is 0 Å². The minimum atomic E-state index is -0.411. The molecule has 0 bridgehead atoms. The summed E-state index contributed by atoms with van der Waals surface area (Å²) in [5, 5.41) is 4.74. The Bertz CT molecular complexity index is 677. The van der Waals surface area contributed by atoms with Gasteiger partial charge in [0, 0.05) is 4.88 Å². The van der Waals surface area contributed by atoms with Crippen molar-refractivity contribution in [2.75, 3.05) is 13.7 Å². The first-order valence-electron chi connectivity index (χ1n) is 7.60. The zero-order chi connectivity index (χ0) is 17.5. The number of carbonyl (C=O) groups excluding carboxylic acids is 2. The molecule has 1 aromatic heterocycles. The van der Waals surface area contributed by atoms with E-state index in [0.717, 1.165) is 16.0 Å². The summed E-state index contributed by atoms with van der Waals surface area (Å²) in [6, 6.07) is 9.17. The van der Waals surface area contributed by atoms with Crippen molar-refractivity contribution in [3.63, 3.8) is 0 Å². The van der Waals surface area contributed by atoms with Gasteiger partial charge < -0.3 is 14.8 Å². The average Bonchev–Trinajstić information content (AvgIpc) is 3.08. The zero-order valence-electron chi connectivity index (χ0n) is 14.0. The number of hydrogen-bond acceptors (Lipinski definition) is 5. The number of esters is 1. The molecule has 2 rings (SSSR count). The summed E-state index contributed by atoms with van der Waals surface area (Å²) >= 11 is 1.48. The number of hydrogen-bond donors (Lipinski definition) is 1. The number of rotatable bonds is 7. The molecule has 1 aromatic carbocycles. The standard InChI is InChI=1S/C18H21NO4S/c1-12-6-4-7-13(2)18(12)23-11-16(20)19-14(10-17(21)22-3)15-8-5-9-24-15/h4-9,14H,10-11H2,1-3H3,(H,19,20). The van der Waals surface area contributed by atoms with Crippen molar-refractivity contribution in [1.29, 1.82) is 0 Å². The quantitative estimate of drug-likeness (QED) is 0.782. The van der Waals surface area contributed by atoms with Crippen molar-refractivity contribution < 1.29 is 19.1 Å². The lowest BCUT2D eigenvalue weighted by Gasteiger charge is -2.17. The van der Waals surface area contributed by atoms with Gasteiger partial charge in [-0.25, -0.2) is 0 Å². The fourth-order valence-corrected chi connectivity index (χ4v) is 3.14. The van der Waals surface area contributed by atoms with Crippen LogP contribution in [0.5, 0.6) is 5.75 Å². The lowest BCUT2D eigenvalue weighted by Crippen LogP contribution is -2.33. The Morgan fingerprint density at radius 2 is 1.88 bits per heavy atom. The molecule has 0 aliphatic heterocycles. The molecule has 0 saturated heterocycles. The van der Waals surface area contributed by atoms with Crippen molar-refractivity contribution in [2.45, 2.75) is 26.3 Å². The van der Waals surface area contributed by atoms with E-state index in [2.05, 4.69) is 5.32 Å². The van der Waals surface area contributed by atoms with E-state index >= 15 is 0 Å². The number of benzene rings is 1. The molecule has 6 heteroatoms. The van der Waals surface area contributed by atoms with Crippen LogP contribution in [0.25, 0.3) is 0 Å². The third-order valence-corrected chi connectivity index (χ3v) is 4.56. The molecule has 1 unspecified atom stereocenters. The molecular weight excluding hydrogens is 326 g/mol. The Hall–Kier alpha value is -2.34. The SMILES string of the molecule is COC(=O)CC(NC(=O)COc1c(C)cccc1C)c1cccs1. The number of carbonyl (C=O) groups is 2. The molecule has 0 spiro atoms. The van der Waals surface area contributed by atoms with Crippen LogP contribution in [0.15, 0.2) is 35.7 Å². The highest BCUT2D eigenvalue weighted by atomic mass is 32.1. The van der Waals surface area contributed by atoms with Gasteiger partial charge in [-0.3, -0.25) is 9.59 Å². The van der Waals surface area contributed by atoms with Gasteiger partial charge in [-0.15, -0.1) is 11.3 Å². The molecular formula is C18H21NO4S. The van der Waals surface area contributed by atoms with Gasteiger partial charge in [0.1, 0.15) is 5.75 Å². The normalized spacial score (nSPS) is 11.6. The van der Waals surface area contributed by atoms with Gasteiger partial charge in [0.05, 0.1) is 19.6 Å². The maximum absolute atomic E-state index is 12.2. The van der Waals surface area contributed by atoms with Crippen molar-refractivity contribution in [2.24, 2.45) is 0 Å². The van der Waals surface area contributed by atoms with Gasteiger partial charge >= 0.3 is 5.97 Å². The summed E-state index contributed by atoms with van der Waals surface area (Å²) in [7, 11) is 1.33. The molecule has 1 atom stereocenters. The maximum Gasteiger partial charge on any atom is 0.307 e. The summed E-state index contributed by atoms with van der Waals surface area (Å²) in [6.07, 6.45) is 0.0894. The van der Waals surface area contributed by atoms with Gasteiger partial charge in [0.2, 0.25) is 0 Å². The molecule has 0 saturated carbocycles. The average molecular weight is 347 g/mol. The summed E-state index contributed by atoms with van der Waals surface area (Å²) < 4.78 is 10.4. The molecule has 0 fully saturated rings. The predicted octanol–water partition coefficient (Wildman–Crippen LogP) is 3.16. The molecule has 5 nitrogen and oxygen atoms in total. The zero-order valence-corrected chi connectivity index (χ0v) is 14.8. The number of aryl methyl sites for hydroxylation is 2. The number of para-hydroxylation sites is 1. The van der Waals surface area contributed by atoms with Crippen LogP contribution in [-0.4, -0.2) is 25.6 Å². The minimum absolute atomic E-state index is 0.0894. The highest BCUT2D eigenvalue weighted by Gasteiger charge is 2.20. The number of methoxy groups -OCH3 is 1. The molecule has 1 amide bonds. The summed E-state index contributed by atoms with van der Waals surface area (Å²) in [5.41, 5.74) is 1.96. The van der Waals surface area contributed by atoms with Crippen LogP contribution in [0, 0.1) is 13.8 Å². The molecule has 0 aliphatic rings. The first kappa shape index (κ1) is 18.0. The van der Waals surface area contributed by atoms with E-state index in [-0.39, 0.29) is 24.9 Å². The van der Waals surface area contributed by atoms with Gasteiger partial charge in [0.25, 0.3) is 5.91 Å². The van der Waals surface area contributed by atoms with Crippen LogP contribution >= 0.6 is 11.3 Å². The van der Waals surface area contributed by atoms with E-state index in [1.807, 2.05) is 49.6 Å². The summed E-state index contributed by atoms with van der Waals surface area (Å²) in [6.45, 7) is 3.77. The van der Waals surface area contributed by atoms with Crippen LogP contribution in [0.4, 0.5) is 0 Å². The molecule has 2 aromatic rings. The van der Waals surface area contributed by atoms with Gasteiger partial charge in [-0.05, 0) is 36.4 Å². The molecule has 0 radical (unpaired) electrons. The molecule has 1 heterocycles.